The van der Waals surface area contributed by atoms with Crippen LogP contribution in [0.15, 0.2) is 53.4 Å². The molecule has 1 amide bonds. The van der Waals surface area contributed by atoms with E-state index in [0.717, 1.165) is 12.8 Å². The second kappa shape index (κ2) is 10.4. The molecule has 2 aromatic carbocycles. The Labute approximate surface area is 204 Å². The average Bonchev–Trinajstić information content (AvgIpc) is 3.36. The fourth-order valence-corrected chi connectivity index (χ4v) is 6.05. The van der Waals surface area contributed by atoms with Gasteiger partial charge in [-0.25, -0.2) is 12.8 Å². The quantitative estimate of drug-likeness (QED) is 0.581. The minimum Gasteiger partial charge on any atom is -0.452 e. The highest BCUT2D eigenvalue weighted by Gasteiger charge is 2.45. The minimum atomic E-state index is -3.72. The Morgan fingerprint density at radius 2 is 1.74 bits per heavy atom. The van der Waals surface area contributed by atoms with E-state index in [1.54, 1.807) is 24.3 Å². The predicted octanol–water partition coefficient (Wildman–Crippen LogP) is 3.23. The lowest BCUT2D eigenvalue weighted by Gasteiger charge is -2.28. The lowest BCUT2D eigenvalue weighted by atomic mass is 9.79. The van der Waals surface area contributed by atoms with Crippen molar-refractivity contribution in [3.63, 3.8) is 0 Å². The molecule has 1 N–H and O–H groups in total. The van der Waals surface area contributed by atoms with Gasteiger partial charge in [0.15, 0.2) is 6.10 Å². The van der Waals surface area contributed by atoms with Crippen LogP contribution in [-0.4, -0.2) is 57.0 Å². The van der Waals surface area contributed by atoms with E-state index in [1.165, 1.54) is 35.5 Å². The van der Waals surface area contributed by atoms with E-state index >= 15 is 0 Å². The second-order valence-electron chi connectivity index (χ2n) is 8.88. The summed E-state index contributed by atoms with van der Waals surface area (Å²) in [6, 6.07) is 11.8. The molecule has 1 heterocycles. The average molecular weight is 505 g/mol. The van der Waals surface area contributed by atoms with Crippen molar-refractivity contribution in [1.29, 1.82) is 0 Å². The normalized spacial score (nSPS) is 19.1. The number of halogens is 1. The molecule has 2 fully saturated rings. The Hall–Kier alpha value is -2.82. The van der Waals surface area contributed by atoms with Crippen LogP contribution in [0.1, 0.15) is 38.2 Å². The molecular formula is C25H29FN2O6S. The summed E-state index contributed by atoms with van der Waals surface area (Å²) in [5.74, 6) is -1.49. The van der Waals surface area contributed by atoms with Crippen molar-refractivity contribution in [2.75, 3.05) is 31.6 Å². The van der Waals surface area contributed by atoms with Gasteiger partial charge in [-0.2, -0.15) is 4.31 Å². The highest BCUT2D eigenvalue weighted by Crippen LogP contribution is 2.42. The number of hydrogen-bond donors (Lipinski definition) is 1. The van der Waals surface area contributed by atoms with E-state index in [4.69, 9.17) is 9.47 Å². The number of carbonyl (C=O) groups is 2. The van der Waals surface area contributed by atoms with Crippen LogP contribution in [0.25, 0.3) is 0 Å². The molecule has 0 bridgehead atoms. The zero-order valence-electron chi connectivity index (χ0n) is 19.5. The van der Waals surface area contributed by atoms with Crippen LogP contribution in [-0.2, 0) is 34.5 Å². The van der Waals surface area contributed by atoms with Crippen LogP contribution >= 0.6 is 0 Å². The van der Waals surface area contributed by atoms with Crippen LogP contribution in [0.3, 0.4) is 0 Å². The summed E-state index contributed by atoms with van der Waals surface area (Å²) >= 11 is 0. The first-order valence-electron chi connectivity index (χ1n) is 11.7. The highest BCUT2D eigenvalue weighted by atomic mass is 32.2. The number of morpholine rings is 1. The number of amides is 1. The van der Waals surface area contributed by atoms with E-state index in [-0.39, 0.29) is 29.5 Å². The fraction of sp³-hybridized carbons (Fsp3) is 0.440. The Balaban J connectivity index is 1.44. The van der Waals surface area contributed by atoms with Crippen LogP contribution in [0.5, 0.6) is 0 Å². The molecule has 0 radical (unpaired) electrons. The summed E-state index contributed by atoms with van der Waals surface area (Å²) < 4.78 is 51.4. The first-order chi connectivity index (χ1) is 16.7. The van der Waals surface area contributed by atoms with Crippen LogP contribution in [0.4, 0.5) is 10.1 Å². The molecule has 1 saturated carbocycles. The van der Waals surface area contributed by atoms with Gasteiger partial charge in [-0.05, 0) is 55.7 Å². The third-order valence-corrected chi connectivity index (χ3v) is 8.50. The molecule has 1 aliphatic carbocycles. The second-order valence-corrected chi connectivity index (χ2v) is 10.8. The fourth-order valence-electron chi connectivity index (χ4n) is 4.60. The van der Waals surface area contributed by atoms with Gasteiger partial charge in [0.1, 0.15) is 5.82 Å². The predicted molar refractivity (Wildman–Crippen MR) is 127 cm³/mol. The number of anilines is 1. The Bertz CT molecular complexity index is 1170. The standard InChI is InChI=1S/C25H29FN2O6S/c1-18(34-24(30)25(11-2-3-12-25)19-7-9-20(26)10-8-19)23(29)27-21-5-4-6-22(17-21)35(31,32)28-13-15-33-16-14-28/h4-10,17-18H,2-3,11-16H2,1H3,(H,27,29). The van der Waals surface area contributed by atoms with Crippen molar-refractivity contribution in [2.45, 2.75) is 49.0 Å². The molecule has 8 nitrogen and oxygen atoms in total. The minimum absolute atomic E-state index is 0.0584. The number of nitrogens with zero attached hydrogens (tertiary/aromatic N) is 1. The molecule has 1 unspecified atom stereocenters. The summed E-state index contributed by atoms with van der Waals surface area (Å²) in [7, 11) is -3.72. The highest BCUT2D eigenvalue weighted by molar-refractivity contribution is 7.89. The maximum Gasteiger partial charge on any atom is 0.317 e. The Kier molecular flexibility index (Phi) is 7.53. The maximum absolute atomic E-state index is 13.4. The van der Waals surface area contributed by atoms with Crippen LogP contribution < -0.4 is 5.32 Å². The van der Waals surface area contributed by atoms with Crippen molar-refractivity contribution >= 4 is 27.6 Å². The maximum atomic E-state index is 13.4. The SMILES string of the molecule is CC(OC(=O)C1(c2ccc(F)cc2)CCCC1)C(=O)Nc1cccc(S(=O)(=O)N2CCOCC2)c1. The Morgan fingerprint density at radius 1 is 1.09 bits per heavy atom. The van der Waals surface area contributed by atoms with Crippen molar-refractivity contribution in [3.8, 4) is 0 Å². The summed E-state index contributed by atoms with van der Waals surface area (Å²) in [6.07, 6.45) is 1.68. The van der Waals surface area contributed by atoms with Crippen molar-refractivity contribution < 1.29 is 31.9 Å². The van der Waals surface area contributed by atoms with Gasteiger partial charge in [0.05, 0.1) is 23.5 Å². The third kappa shape index (κ3) is 5.39. The zero-order valence-corrected chi connectivity index (χ0v) is 20.4. The van der Waals surface area contributed by atoms with E-state index < -0.39 is 33.4 Å². The molecule has 1 atom stereocenters. The molecule has 2 aliphatic rings. The lowest BCUT2D eigenvalue weighted by Crippen LogP contribution is -2.40. The molecule has 0 aromatic heterocycles. The first kappa shape index (κ1) is 25.3. The van der Waals surface area contributed by atoms with E-state index in [2.05, 4.69) is 5.32 Å². The molecule has 2 aromatic rings. The monoisotopic (exact) mass is 504 g/mol. The Morgan fingerprint density at radius 3 is 2.40 bits per heavy atom. The van der Waals surface area contributed by atoms with Crippen molar-refractivity contribution in [1.82, 2.24) is 4.31 Å². The zero-order chi connectivity index (χ0) is 25.1. The van der Waals surface area contributed by atoms with Crippen LogP contribution in [0.2, 0.25) is 0 Å². The van der Waals surface area contributed by atoms with Gasteiger partial charge in [-0.3, -0.25) is 9.59 Å². The van der Waals surface area contributed by atoms with Gasteiger partial charge in [0, 0.05) is 18.8 Å². The summed E-state index contributed by atoms with van der Waals surface area (Å²) in [5, 5.41) is 2.64. The van der Waals surface area contributed by atoms with E-state index in [9.17, 15) is 22.4 Å². The molecular weight excluding hydrogens is 475 g/mol. The van der Waals surface area contributed by atoms with E-state index in [0.29, 0.717) is 31.6 Å². The molecule has 188 valence electrons. The molecule has 4 rings (SSSR count). The number of hydrogen-bond acceptors (Lipinski definition) is 6. The smallest absolute Gasteiger partial charge is 0.317 e. The number of nitrogens with one attached hydrogen (secondary N) is 1. The van der Waals surface area contributed by atoms with Gasteiger partial charge in [0.2, 0.25) is 10.0 Å². The lowest BCUT2D eigenvalue weighted by molar-refractivity contribution is -0.159. The number of carbonyl (C=O) groups excluding carboxylic acids is 2. The molecule has 1 aliphatic heterocycles. The number of rotatable bonds is 7. The number of benzene rings is 2. The number of ether oxygens (including phenoxy) is 2. The summed E-state index contributed by atoms with van der Waals surface area (Å²) in [4.78, 5) is 26.0. The largest absolute Gasteiger partial charge is 0.452 e. The molecule has 10 heteroatoms. The van der Waals surface area contributed by atoms with Crippen LogP contribution in [0, 0.1) is 5.82 Å². The van der Waals surface area contributed by atoms with Gasteiger partial charge in [0.25, 0.3) is 5.91 Å². The molecule has 0 spiro atoms. The topological polar surface area (TPSA) is 102 Å². The summed E-state index contributed by atoms with van der Waals surface area (Å²) in [6.45, 7) is 2.66. The third-order valence-electron chi connectivity index (χ3n) is 6.61. The van der Waals surface area contributed by atoms with Crippen molar-refractivity contribution in [2.24, 2.45) is 0 Å². The van der Waals surface area contributed by atoms with Gasteiger partial charge in [-0.1, -0.05) is 31.0 Å². The number of esters is 1. The van der Waals surface area contributed by atoms with E-state index in [1.807, 2.05) is 0 Å². The van der Waals surface area contributed by atoms with Gasteiger partial charge < -0.3 is 14.8 Å². The van der Waals surface area contributed by atoms with Crippen molar-refractivity contribution in [3.05, 3.63) is 59.9 Å². The van der Waals surface area contributed by atoms with Gasteiger partial charge >= 0.3 is 5.97 Å². The first-order valence-corrected chi connectivity index (χ1v) is 13.1. The number of sulfonamides is 1. The summed E-state index contributed by atoms with van der Waals surface area (Å²) in [5.41, 5.74) is 0.0466. The molecule has 35 heavy (non-hydrogen) atoms. The molecule has 1 saturated heterocycles. The van der Waals surface area contributed by atoms with Gasteiger partial charge in [-0.15, -0.1) is 0 Å².